The largest absolute Gasteiger partial charge is 0.435 e. The van der Waals surface area contributed by atoms with E-state index in [0.717, 1.165) is 12.8 Å². The van der Waals surface area contributed by atoms with Crippen LogP contribution in [0.25, 0.3) is 0 Å². The van der Waals surface area contributed by atoms with Gasteiger partial charge >= 0.3 is 6.18 Å². The van der Waals surface area contributed by atoms with Gasteiger partial charge in [0, 0.05) is 22.0 Å². The van der Waals surface area contributed by atoms with Gasteiger partial charge in [-0.25, -0.2) is 0 Å². The van der Waals surface area contributed by atoms with E-state index in [2.05, 4.69) is 10.4 Å². The van der Waals surface area contributed by atoms with Crippen LogP contribution < -0.4 is 5.32 Å². The van der Waals surface area contributed by atoms with Crippen molar-refractivity contribution in [1.29, 1.82) is 0 Å². The number of carbonyl (C=O) groups excluding carboxylic acids is 1. The Kier molecular flexibility index (Phi) is 5.27. The minimum atomic E-state index is -4.51. The standard InChI is InChI=1S/C18H19ClF3N3O/c1-11-13(19)7-5-8-14(11)23-16(26)10-25-15-9-4-2-3-6-12(15)17(24-25)18(20,21)22/h5,7-8H,2-4,6,9-10H2,1H3,(H,23,26). The van der Waals surface area contributed by atoms with E-state index in [4.69, 9.17) is 11.6 Å². The Hall–Kier alpha value is -2.02. The van der Waals surface area contributed by atoms with Gasteiger partial charge in [0.25, 0.3) is 0 Å². The summed E-state index contributed by atoms with van der Waals surface area (Å²) in [5.41, 5.74) is 1.14. The van der Waals surface area contributed by atoms with Gasteiger partial charge in [0.15, 0.2) is 5.69 Å². The van der Waals surface area contributed by atoms with Crippen LogP contribution in [0.3, 0.4) is 0 Å². The van der Waals surface area contributed by atoms with Crippen LogP contribution in [0.5, 0.6) is 0 Å². The molecule has 1 amide bonds. The summed E-state index contributed by atoms with van der Waals surface area (Å²) in [6.45, 7) is 1.50. The zero-order valence-electron chi connectivity index (χ0n) is 14.3. The molecular weight excluding hydrogens is 367 g/mol. The fourth-order valence-corrected chi connectivity index (χ4v) is 3.45. The van der Waals surface area contributed by atoms with Crippen LogP contribution in [0.2, 0.25) is 5.02 Å². The van der Waals surface area contributed by atoms with Gasteiger partial charge in [-0.05, 0) is 50.3 Å². The average molecular weight is 386 g/mol. The van der Waals surface area contributed by atoms with Crippen LogP contribution in [-0.4, -0.2) is 15.7 Å². The summed E-state index contributed by atoms with van der Waals surface area (Å²) in [6.07, 6.45) is -1.29. The second-order valence-corrected chi connectivity index (χ2v) is 6.86. The zero-order chi connectivity index (χ0) is 18.9. The molecule has 4 nitrogen and oxygen atoms in total. The van der Waals surface area contributed by atoms with E-state index in [1.54, 1.807) is 25.1 Å². The number of benzene rings is 1. The normalized spacial score (nSPS) is 14.7. The molecule has 2 aromatic rings. The number of carbonyl (C=O) groups is 1. The van der Waals surface area contributed by atoms with Crippen molar-refractivity contribution in [3.63, 3.8) is 0 Å². The first-order chi connectivity index (χ1) is 12.3. The molecule has 0 aliphatic heterocycles. The summed E-state index contributed by atoms with van der Waals surface area (Å²) in [5.74, 6) is -0.432. The molecule has 0 spiro atoms. The van der Waals surface area contributed by atoms with Crippen molar-refractivity contribution in [2.24, 2.45) is 0 Å². The molecule has 0 unspecified atom stereocenters. The van der Waals surface area contributed by atoms with E-state index in [0.29, 0.717) is 41.2 Å². The maximum Gasteiger partial charge on any atom is 0.435 e. The SMILES string of the molecule is Cc1c(Cl)cccc1NC(=O)Cn1nc(C(F)(F)F)c2c1CCCCC2. The van der Waals surface area contributed by atoms with Gasteiger partial charge in [-0.3, -0.25) is 9.48 Å². The molecule has 8 heteroatoms. The third-order valence-corrected chi connectivity index (χ3v) is 5.02. The number of anilines is 1. The molecule has 1 N–H and O–H groups in total. The van der Waals surface area contributed by atoms with E-state index in [1.807, 2.05) is 0 Å². The van der Waals surface area contributed by atoms with Crippen molar-refractivity contribution >= 4 is 23.2 Å². The number of alkyl halides is 3. The molecule has 0 radical (unpaired) electrons. The Morgan fingerprint density at radius 1 is 1.27 bits per heavy atom. The smallest absolute Gasteiger partial charge is 0.324 e. The molecule has 0 saturated heterocycles. The summed E-state index contributed by atoms with van der Waals surface area (Å²) < 4.78 is 41.1. The van der Waals surface area contributed by atoms with Crippen molar-refractivity contribution < 1.29 is 18.0 Å². The van der Waals surface area contributed by atoms with Crippen LogP contribution in [0.4, 0.5) is 18.9 Å². The number of nitrogens with zero attached hydrogens (tertiary/aromatic N) is 2. The maximum absolute atomic E-state index is 13.3. The molecule has 0 bridgehead atoms. The maximum atomic E-state index is 13.3. The minimum absolute atomic E-state index is 0.238. The summed E-state index contributed by atoms with van der Waals surface area (Å²) in [5, 5.41) is 6.94. The Morgan fingerprint density at radius 3 is 2.73 bits per heavy atom. The zero-order valence-corrected chi connectivity index (χ0v) is 15.0. The molecule has 26 heavy (non-hydrogen) atoms. The van der Waals surface area contributed by atoms with Crippen LogP contribution in [0, 0.1) is 6.92 Å². The topological polar surface area (TPSA) is 46.9 Å². The number of amides is 1. The lowest BCUT2D eigenvalue weighted by molar-refractivity contribution is -0.142. The fourth-order valence-electron chi connectivity index (χ4n) is 3.27. The first kappa shape index (κ1) is 18.8. The van der Waals surface area contributed by atoms with Gasteiger partial charge in [-0.15, -0.1) is 0 Å². The average Bonchev–Trinajstić information content (AvgIpc) is 2.75. The second kappa shape index (κ2) is 7.31. The summed E-state index contributed by atoms with van der Waals surface area (Å²) in [7, 11) is 0. The highest BCUT2D eigenvalue weighted by Crippen LogP contribution is 2.35. The van der Waals surface area contributed by atoms with E-state index in [-0.39, 0.29) is 12.1 Å². The fraction of sp³-hybridized carbons (Fsp3) is 0.444. The van der Waals surface area contributed by atoms with Gasteiger partial charge in [0.1, 0.15) is 6.54 Å². The predicted octanol–water partition coefficient (Wildman–Crippen LogP) is 4.77. The second-order valence-electron chi connectivity index (χ2n) is 6.45. The number of fused-ring (bicyclic) bond motifs is 1. The third-order valence-electron chi connectivity index (χ3n) is 4.61. The number of halogens is 4. The first-order valence-corrected chi connectivity index (χ1v) is 8.86. The molecule has 0 atom stereocenters. The minimum Gasteiger partial charge on any atom is -0.324 e. The molecule has 0 saturated carbocycles. The molecule has 1 aliphatic carbocycles. The highest BCUT2D eigenvalue weighted by Gasteiger charge is 2.39. The van der Waals surface area contributed by atoms with Crippen molar-refractivity contribution in [1.82, 2.24) is 9.78 Å². The third kappa shape index (κ3) is 3.87. The summed E-state index contributed by atoms with van der Waals surface area (Å²) in [6, 6.07) is 5.10. The lowest BCUT2D eigenvalue weighted by Crippen LogP contribution is -2.22. The van der Waals surface area contributed by atoms with Gasteiger partial charge < -0.3 is 5.32 Å². The summed E-state index contributed by atoms with van der Waals surface area (Å²) >= 11 is 6.03. The number of hydrogen-bond donors (Lipinski definition) is 1. The number of nitrogens with one attached hydrogen (secondary N) is 1. The summed E-state index contributed by atoms with van der Waals surface area (Å²) in [4.78, 5) is 12.4. The van der Waals surface area contributed by atoms with Crippen molar-refractivity contribution in [2.75, 3.05) is 5.32 Å². The highest BCUT2D eigenvalue weighted by molar-refractivity contribution is 6.31. The van der Waals surface area contributed by atoms with Crippen molar-refractivity contribution in [3.8, 4) is 0 Å². The van der Waals surface area contributed by atoms with Gasteiger partial charge in [-0.1, -0.05) is 24.1 Å². The van der Waals surface area contributed by atoms with Crippen molar-refractivity contribution in [2.45, 2.75) is 51.7 Å². The number of hydrogen-bond acceptors (Lipinski definition) is 2. The molecule has 1 aromatic carbocycles. The Labute approximate surface area is 154 Å². The molecule has 1 aliphatic rings. The van der Waals surface area contributed by atoms with Gasteiger partial charge in [0.2, 0.25) is 5.91 Å². The predicted molar refractivity (Wildman–Crippen MR) is 93.3 cm³/mol. The van der Waals surface area contributed by atoms with Crippen molar-refractivity contribution in [3.05, 3.63) is 45.7 Å². The Bertz CT molecular complexity index is 830. The van der Waals surface area contributed by atoms with Gasteiger partial charge in [0.05, 0.1) is 0 Å². The van der Waals surface area contributed by atoms with Crippen LogP contribution in [0.15, 0.2) is 18.2 Å². The van der Waals surface area contributed by atoms with E-state index >= 15 is 0 Å². The molecule has 1 aromatic heterocycles. The number of aromatic nitrogens is 2. The Morgan fingerprint density at radius 2 is 2.00 bits per heavy atom. The van der Waals surface area contributed by atoms with Crippen LogP contribution in [-0.2, 0) is 30.4 Å². The number of rotatable bonds is 3. The van der Waals surface area contributed by atoms with E-state index in [1.165, 1.54) is 4.68 Å². The molecule has 140 valence electrons. The monoisotopic (exact) mass is 385 g/mol. The van der Waals surface area contributed by atoms with Gasteiger partial charge in [-0.2, -0.15) is 18.3 Å². The molecule has 3 rings (SSSR count). The Balaban J connectivity index is 1.86. The molecular formula is C18H19ClF3N3O. The van der Waals surface area contributed by atoms with Crippen LogP contribution >= 0.6 is 11.6 Å². The quantitative estimate of drug-likeness (QED) is 0.773. The van der Waals surface area contributed by atoms with Crippen LogP contribution in [0.1, 0.15) is 41.8 Å². The first-order valence-electron chi connectivity index (χ1n) is 8.48. The lowest BCUT2D eigenvalue weighted by Gasteiger charge is -2.11. The highest BCUT2D eigenvalue weighted by atomic mass is 35.5. The van der Waals surface area contributed by atoms with E-state index in [9.17, 15) is 18.0 Å². The molecule has 0 fully saturated rings. The van der Waals surface area contributed by atoms with E-state index < -0.39 is 17.8 Å². The lowest BCUT2D eigenvalue weighted by atomic mass is 10.1. The molecule has 1 heterocycles.